The van der Waals surface area contributed by atoms with Crippen LogP contribution in [0.1, 0.15) is 6.92 Å². The van der Waals surface area contributed by atoms with Crippen molar-refractivity contribution in [3.63, 3.8) is 0 Å². The Balaban J connectivity index is 3.30. The number of hydrogen-bond donors (Lipinski definition) is 0. The Kier molecular flexibility index (Phi) is 5.13. The highest BCUT2D eigenvalue weighted by molar-refractivity contribution is 7.97. The molecule has 0 aromatic carbocycles. The van der Waals surface area contributed by atoms with Gasteiger partial charge in [-0.1, -0.05) is 11.9 Å². The Labute approximate surface area is 68.7 Å². The normalized spacial score (nSPS) is 14.7. The van der Waals surface area contributed by atoms with Crippen LogP contribution in [0.15, 0.2) is 0 Å². The Hall–Kier alpha value is 0.270. The van der Waals surface area contributed by atoms with Crippen LogP contribution in [0.4, 0.5) is 0 Å². The van der Waals surface area contributed by atoms with Gasteiger partial charge >= 0.3 is 0 Å². The molecule has 2 nitrogen and oxygen atoms in total. The summed E-state index contributed by atoms with van der Waals surface area (Å²) >= 11 is 1.86. The molecule has 0 bridgehead atoms. The second-order valence-corrected chi connectivity index (χ2v) is 4.24. The van der Waals surface area contributed by atoms with E-state index in [1.807, 2.05) is 11.9 Å². The van der Waals surface area contributed by atoms with Crippen LogP contribution in [0.2, 0.25) is 0 Å². The van der Waals surface area contributed by atoms with Crippen molar-refractivity contribution in [2.45, 2.75) is 13.0 Å². The third-order valence-corrected chi connectivity index (χ3v) is 2.60. The zero-order chi connectivity index (χ0) is 8.15. The molecule has 0 spiro atoms. The van der Waals surface area contributed by atoms with Crippen LogP contribution in [0.25, 0.3) is 0 Å². The molecule has 3 heteroatoms. The zero-order valence-electron chi connectivity index (χ0n) is 7.59. The lowest BCUT2D eigenvalue weighted by atomic mass is 10.4. The third-order valence-electron chi connectivity index (χ3n) is 1.46. The molecule has 0 aliphatic carbocycles. The van der Waals surface area contributed by atoms with E-state index in [1.54, 1.807) is 0 Å². The van der Waals surface area contributed by atoms with Crippen molar-refractivity contribution < 1.29 is 0 Å². The van der Waals surface area contributed by atoms with Gasteiger partial charge in [0.1, 0.15) is 0 Å². The van der Waals surface area contributed by atoms with Crippen molar-refractivity contribution in [1.82, 2.24) is 9.21 Å². The molecule has 0 aromatic rings. The molecule has 1 atom stereocenters. The van der Waals surface area contributed by atoms with Gasteiger partial charge in [-0.2, -0.15) is 0 Å². The van der Waals surface area contributed by atoms with Crippen molar-refractivity contribution in [1.29, 1.82) is 0 Å². The first kappa shape index (κ1) is 10.3. The SMILES string of the molecule is CC(CSN(C)C)N(C)C. The molecule has 0 N–H and O–H groups in total. The number of nitrogens with zero attached hydrogens (tertiary/aromatic N) is 2. The smallest absolute Gasteiger partial charge is 0.0234 e. The van der Waals surface area contributed by atoms with Crippen molar-refractivity contribution in [2.24, 2.45) is 0 Å². The van der Waals surface area contributed by atoms with E-state index in [0.717, 1.165) is 0 Å². The van der Waals surface area contributed by atoms with E-state index in [0.29, 0.717) is 6.04 Å². The lowest BCUT2D eigenvalue weighted by molar-refractivity contribution is 0.339. The minimum atomic E-state index is 0.660. The summed E-state index contributed by atoms with van der Waals surface area (Å²) in [5, 5.41) is 0. The van der Waals surface area contributed by atoms with Gasteiger partial charge in [-0.25, -0.2) is 0 Å². The van der Waals surface area contributed by atoms with Crippen LogP contribution >= 0.6 is 11.9 Å². The summed E-state index contributed by atoms with van der Waals surface area (Å²) in [6, 6.07) is 0.660. The van der Waals surface area contributed by atoms with Gasteiger partial charge in [0.15, 0.2) is 0 Å². The van der Waals surface area contributed by atoms with Crippen LogP contribution in [0.3, 0.4) is 0 Å². The summed E-state index contributed by atoms with van der Waals surface area (Å²) in [6.45, 7) is 2.23. The predicted octanol–water partition coefficient (Wildman–Crippen LogP) is 1.15. The van der Waals surface area contributed by atoms with Gasteiger partial charge in [-0.15, -0.1) is 0 Å². The number of hydrogen-bond acceptors (Lipinski definition) is 3. The first-order valence-corrected chi connectivity index (χ1v) is 4.45. The molecule has 0 aromatic heterocycles. The molecule has 0 radical (unpaired) electrons. The molecule has 0 heterocycles. The average molecular weight is 162 g/mol. The minimum Gasteiger partial charge on any atom is -0.306 e. The highest BCUT2D eigenvalue weighted by Crippen LogP contribution is 2.07. The molecule has 0 saturated carbocycles. The summed E-state index contributed by atoms with van der Waals surface area (Å²) in [6.07, 6.45) is 0. The fourth-order valence-corrected chi connectivity index (χ4v) is 1.22. The van der Waals surface area contributed by atoms with E-state index in [2.05, 4.69) is 44.3 Å². The highest BCUT2D eigenvalue weighted by Gasteiger charge is 2.03. The maximum absolute atomic E-state index is 2.23. The van der Waals surface area contributed by atoms with Crippen molar-refractivity contribution in [3.8, 4) is 0 Å². The van der Waals surface area contributed by atoms with Gasteiger partial charge in [0, 0.05) is 11.8 Å². The molecular formula is C7H18N2S. The van der Waals surface area contributed by atoms with Crippen LogP contribution < -0.4 is 0 Å². The molecule has 1 unspecified atom stereocenters. The highest BCUT2D eigenvalue weighted by atomic mass is 32.2. The minimum absolute atomic E-state index is 0.660. The molecule has 0 aliphatic rings. The van der Waals surface area contributed by atoms with Gasteiger partial charge in [-0.3, -0.25) is 4.31 Å². The Bertz CT molecular complexity index is 83.7. The van der Waals surface area contributed by atoms with Gasteiger partial charge in [-0.05, 0) is 35.1 Å². The first-order chi connectivity index (χ1) is 4.54. The molecule has 0 aliphatic heterocycles. The molecule has 0 saturated heterocycles. The van der Waals surface area contributed by atoms with Crippen LogP contribution in [0.5, 0.6) is 0 Å². The van der Waals surface area contributed by atoms with Gasteiger partial charge < -0.3 is 4.90 Å². The maximum atomic E-state index is 2.23. The van der Waals surface area contributed by atoms with E-state index < -0.39 is 0 Å². The summed E-state index contributed by atoms with van der Waals surface area (Å²) in [7, 11) is 8.38. The first-order valence-electron chi connectivity index (χ1n) is 3.50. The quantitative estimate of drug-likeness (QED) is 0.573. The Morgan fingerprint density at radius 2 is 1.70 bits per heavy atom. The van der Waals surface area contributed by atoms with E-state index in [4.69, 9.17) is 0 Å². The molecule has 0 fully saturated rings. The van der Waals surface area contributed by atoms with E-state index in [1.165, 1.54) is 5.75 Å². The molecule has 0 amide bonds. The summed E-state index contributed by atoms with van der Waals surface area (Å²) < 4.78 is 2.14. The van der Waals surface area contributed by atoms with E-state index in [-0.39, 0.29) is 0 Å². The molecular weight excluding hydrogens is 144 g/mol. The lowest BCUT2D eigenvalue weighted by Gasteiger charge is -2.20. The summed E-state index contributed by atoms with van der Waals surface area (Å²) in [4.78, 5) is 2.23. The predicted molar refractivity (Wildman–Crippen MR) is 49.3 cm³/mol. The fraction of sp³-hybridized carbons (Fsp3) is 1.00. The second kappa shape index (κ2) is 4.99. The van der Waals surface area contributed by atoms with Gasteiger partial charge in [0.2, 0.25) is 0 Å². The van der Waals surface area contributed by atoms with Gasteiger partial charge in [0.05, 0.1) is 0 Å². The molecule has 10 heavy (non-hydrogen) atoms. The van der Waals surface area contributed by atoms with Crippen molar-refractivity contribution >= 4 is 11.9 Å². The van der Waals surface area contributed by atoms with Crippen LogP contribution in [-0.2, 0) is 0 Å². The maximum Gasteiger partial charge on any atom is 0.0234 e. The standard InChI is InChI=1S/C7H18N2S/c1-7(8(2)3)6-10-9(4)5/h7H,6H2,1-5H3. The molecule has 0 rings (SSSR count). The van der Waals surface area contributed by atoms with Crippen LogP contribution in [0, 0.1) is 0 Å². The van der Waals surface area contributed by atoms with E-state index >= 15 is 0 Å². The van der Waals surface area contributed by atoms with Crippen molar-refractivity contribution in [2.75, 3.05) is 33.9 Å². The Morgan fingerprint density at radius 3 is 2.00 bits per heavy atom. The average Bonchev–Trinajstić information content (AvgIpc) is 1.82. The van der Waals surface area contributed by atoms with E-state index in [9.17, 15) is 0 Å². The largest absolute Gasteiger partial charge is 0.306 e. The van der Waals surface area contributed by atoms with Crippen molar-refractivity contribution in [3.05, 3.63) is 0 Å². The monoisotopic (exact) mass is 162 g/mol. The summed E-state index contributed by atoms with van der Waals surface area (Å²) in [5.74, 6) is 1.17. The Morgan fingerprint density at radius 1 is 1.20 bits per heavy atom. The fourth-order valence-electron chi connectivity index (χ4n) is 0.406. The zero-order valence-corrected chi connectivity index (χ0v) is 8.40. The second-order valence-electron chi connectivity index (χ2n) is 2.92. The molecule has 62 valence electrons. The summed E-state index contributed by atoms with van der Waals surface area (Å²) in [5.41, 5.74) is 0. The van der Waals surface area contributed by atoms with Gasteiger partial charge in [0.25, 0.3) is 0 Å². The lowest BCUT2D eigenvalue weighted by Crippen LogP contribution is -2.27. The van der Waals surface area contributed by atoms with Crippen LogP contribution in [-0.4, -0.2) is 49.2 Å². The topological polar surface area (TPSA) is 6.48 Å². The third kappa shape index (κ3) is 5.09. The number of rotatable bonds is 4.